The molecule has 2 heterocycles. The first-order chi connectivity index (χ1) is 17.6. The van der Waals surface area contributed by atoms with E-state index in [1.807, 2.05) is 0 Å². The third kappa shape index (κ3) is 6.54. The normalized spacial score (nSPS) is 17.1. The first-order valence-corrected chi connectivity index (χ1v) is 13.1. The second-order valence-corrected chi connectivity index (χ2v) is 10.9. The van der Waals surface area contributed by atoms with Crippen molar-refractivity contribution >= 4 is 49.8 Å². The van der Waals surface area contributed by atoms with Gasteiger partial charge in [0, 0.05) is 5.39 Å². The molecule has 0 unspecified atom stereocenters. The molecular formula is C22H17F6N5O3S2. The smallest absolute Gasteiger partial charge is 0.301 e. The number of fused-ring (bicyclic) bond motifs is 1. The number of nitrogens with one attached hydrogen (secondary N) is 1. The lowest BCUT2D eigenvalue weighted by atomic mass is 10.0. The number of carbonyl (C=O) groups excluding carboxylic acids is 1. The highest BCUT2D eigenvalue weighted by Crippen LogP contribution is 2.38. The number of benzene rings is 2. The minimum absolute atomic E-state index is 0.0855. The van der Waals surface area contributed by atoms with Crippen molar-refractivity contribution in [3.05, 3.63) is 69.8 Å². The molecule has 16 heteroatoms. The number of halogens is 6. The van der Waals surface area contributed by atoms with E-state index < -0.39 is 46.0 Å². The number of primary sulfonamides is 1. The highest BCUT2D eigenvalue weighted by Gasteiger charge is 2.38. The number of rotatable bonds is 6. The van der Waals surface area contributed by atoms with Crippen molar-refractivity contribution in [3.8, 4) is 0 Å². The number of amides is 1. The number of hydrogen-bond acceptors (Lipinski definition) is 6. The SMILES string of the molecule is NS(=O)(=O)CCN=C1NC(=O)/C(=C/c2ccc3c(cnn3Cc3ccc(C(F)(F)F)cc3C(F)(F)F)c2)S1. The van der Waals surface area contributed by atoms with Crippen LogP contribution in [0.15, 0.2) is 52.5 Å². The van der Waals surface area contributed by atoms with Gasteiger partial charge in [0.05, 0.1) is 46.6 Å². The van der Waals surface area contributed by atoms with Crippen molar-refractivity contribution < 1.29 is 39.6 Å². The molecular weight excluding hydrogens is 560 g/mol. The van der Waals surface area contributed by atoms with Crippen LogP contribution in [0.4, 0.5) is 26.3 Å². The monoisotopic (exact) mass is 577 g/mol. The fourth-order valence-electron chi connectivity index (χ4n) is 3.56. The molecule has 0 saturated carbocycles. The molecule has 0 aliphatic carbocycles. The molecule has 38 heavy (non-hydrogen) atoms. The first kappa shape index (κ1) is 27.7. The topological polar surface area (TPSA) is 119 Å². The van der Waals surface area contributed by atoms with E-state index in [0.29, 0.717) is 22.5 Å². The van der Waals surface area contributed by atoms with Gasteiger partial charge in [0.25, 0.3) is 5.91 Å². The van der Waals surface area contributed by atoms with Crippen LogP contribution in [0.5, 0.6) is 0 Å². The number of amidine groups is 1. The third-order valence-electron chi connectivity index (χ3n) is 5.31. The second-order valence-electron chi connectivity index (χ2n) is 8.11. The predicted octanol–water partition coefficient (Wildman–Crippen LogP) is 3.97. The zero-order valence-corrected chi connectivity index (χ0v) is 20.6. The summed E-state index contributed by atoms with van der Waals surface area (Å²) in [4.78, 5) is 16.5. The summed E-state index contributed by atoms with van der Waals surface area (Å²) in [6.07, 6.45) is -7.00. The zero-order chi connectivity index (χ0) is 27.9. The summed E-state index contributed by atoms with van der Waals surface area (Å²) in [6, 6.07) is 6.25. The summed E-state index contributed by atoms with van der Waals surface area (Å²) >= 11 is 0.991. The van der Waals surface area contributed by atoms with Crippen LogP contribution in [-0.4, -0.2) is 41.6 Å². The molecule has 202 valence electrons. The molecule has 1 saturated heterocycles. The maximum atomic E-state index is 13.5. The summed E-state index contributed by atoms with van der Waals surface area (Å²) in [5.74, 6) is -0.842. The van der Waals surface area contributed by atoms with E-state index in [0.717, 1.165) is 17.8 Å². The number of alkyl halides is 6. The standard InChI is InChI=1S/C22H17F6N5O3S2/c23-21(24,25)15-3-2-13(16(9-15)22(26,27)28)11-33-17-4-1-12(7-14(17)10-31-33)8-18-19(34)32-20(37-18)30-5-6-38(29,35)36/h1-4,7-10H,5-6,11H2,(H2,29,35,36)(H,30,32,34)/b18-8-. The molecule has 3 aromatic rings. The molecule has 4 rings (SSSR count). The molecule has 1 fully saturated rings. The van der Waals surface area contributed by atoms with Crippen molar-refractivity contribution in [2.45, 2.75) is 18.9 Å². The second kappa shape index (κ2) is 10.1. The van der Waals surface area contributed by atoms with Gasteiger partial charge in [-0.1, -0.05) is 12.1 Å². The molecule has 0 atom stereocenters. The van der Waals surface area contributed by atoms with Gasteiger partial charge in [0.2, 0.25) is 10.0 Å². The van der Waals surface area contributed by atoms with E-state index in [9.17, 15) is 39.6 Å². The Morgan fingerprint density at radius 2 is 1.82 bits per heavy atom. The van der Waals surface area contributed by atoms with E-state index in [-0.39, 0.29) is 34.0 Å². The highest BCUT2D eigenvalue weighted by molar-refractivity contribution is 8.18. The molecule has 0 spiro atoms. The Morgan fingerprint density at radius 1 is 1.08 bits per heavy atom. The van der Waals surface area contributed by atoms with Crippen molar-refractivity contribution in [2.24, 2.45) is 10.1 Å². The minimum Gasteiger partial charge on any atom is -0.301 e. The Balaban J connectivity index is 1.57. The maximum Gasteiger partial charge on any atom is 0.416 e. The van der Waals surface area contributed by atoms with E-state index in [2.05, 4.69) is 15.4 Å². The van der Waals surface area contributed by atoms with Crippen LogP contribution < -0.4 is 10.5 Å². The summed E-state index contributed by atoms with van der Waals surface area (Å²) in [5.41, 5.74) is -2.19. The molecule has 1 amide bonds. The fourth-order valence-corrected chi connectivity index (χ4v) is 4.76. The van der Waals surface area contributed by atoms with Crippen LogP contribution in [0.1, 0.15) is 22.3 Å². The number of hydrogen-bond donors (Lipinski definition) is 2. The lowest BCUT2D eigenvalue weighted by molar-refractivity contribution is -0.143. The van der Waals surface area contributed by atoms with E-state index >= 15 is 0 Å². The van der Waals surface area contributed by atoms with Gasteiger partial charge in [0.1, 0.15) is 0 Å². The van der Waals surface area contributed by atoms with Crippen molar-refractivity contribution in [1.29, 1.82) is 0 Å². The van der Waals surface area contributed by atoms with Crippen molar-refractivity contribution in [3.63, 3.8) is 0 Å². The predicted molar refractivity (Wildman–Crippen MR) is 129 cm³/mol. The van der Waals surface area contributed by atoms with Gasteiger partial charge in [-0.3, -0.25) is 14.5 Å². The molecule has 1 aliphatic heterocycles. The number of nitrogens with zero attached hydrogens (tertiary/aromatic N) is 3. The lowest BCUT2D eigenvalue weighted by Gasteiger charge is -2.16. The van der Waals surface area contributed by atoms with Gasteiger partial charge in [-0.25, -0.2) is 13.6 Å². The van der Waals surface area contributed by atoms with E-state index in [1.165, 1.54) is 17.0 Å². The number of aliphatic imine (C=N–C) groups is 1. The van der Waals surface area contributed by atoms with Crippen molar-refractivity contribution in [2.75, 3.05) is 12.3 Å². The average molecular weight is 578 g/mol. The van der Waals surface area contributed by atoms with Crippen LogP contribution in [0.2, 0.25) is 0 Å². The van der Waals surface area contributed by atoms with Crippen LogP contribution in [0.3, 0.4) is 0 Å². The molecule has 2 aromatic carbocycles. The summed E-state index contributed by atoms with van der Waals surface area (Å²) in [7, 11) is -3.70. The van der Waals surface area contributed by atoms with Gasteiger partial charge >= 0.3 is 12.4 Å². The number of carbonyl (C=O) groups is 1. The van der Waals surface area contributed by atoms with E-state index in [1.54, 1.807) is 18.2 Å². The van der Waals surface area contributed by atoms with Crippen LogP contribution >= 0.6 is 11.8 Å². The summed E-state index contributed by atoms with van der Waals surface area (Å²) in [6.45, 7) is -0.553. The Labute approximate surface area is 215 Å². The zero-order valence-electron chi connectivity index (χ0n) is 19.0. The Morgan fingerprint density at radius 3 is 2.47 bits per heavy atom. The maximum absolute atomic E-state index is 13.5. The van der Waals surface area contributed by atoms with Gasteiger partial charge < -0.3 is 5.32 Å². The quantitative estimate of drug-likeness (QED) is 0.340. The Hall–Kier alpha value is -3.37. The van der Waals surface area contributed by atoms with Gasteiger partial charge in [-0.15, -0.1) is 0 Å². The Kier molecular flexibility index (Phi) is 7.33. The van der Waals surface area contributed by atoms with Gasteiger partial charge in [0.15, 0.2) is 5.17 Å². The third-order valence-corrected chi connectivity index (χ3v) is 7.01. The molecule has 1 aromatic heterocycles. The average Bonchev–Trinajstić information content (AvgIpc) is 3.34. The molecule has 0 radical (unpaired) electrons. The summed E-state index contributed by atoms with van der Waals surface area (Å²) in [5, 5.41) is 12.2. The number of aromatic nitrogens is 2. The Bertz CT molecular complexity index is 1580. The number of thioether (sulfide) groups is 1. The first-order valence-electron chi connectivity index (χ1n) is 10.6. The van der Waals surface area contributed by atoms with Gasteiger partial charge in [-0.05, 0) is 53.2 Å². The van der Waals surface area contributed by atoms with Crippen molar-refractivity contribution in [1.82, 2.24) is 15.1 Å². The lowest BCUT2D eigenvalue weighted by Crippen LogP contribution is -2.22. The minimum atomic E-state index is -5.00. The largest absolute Gasteiger partial charge is 0.416 e. The highest BCUT2D eigenvalue weighted by atomic mass is 32.2. The molecule has 8 nitrogen and oxygen atoms in total. The molecule has 0 bridgehead atoms. The van der Waals surface area contributed by atoms with Gasteiger partial charge in [-0.2, -0.15) is 31.4 Å². The number of nitrogens with two attached hydrogens (primary N) is 1. The fraction of sp³-hybridized carbons (Fsp3) is 0.227. The molecule has 1 aliphatic rings. The van der Waals surface area contributed by atoms with Crippen LogP contribution in [-0.2, 0) is 33.7 Å². The van der Waals surface area contributed by atoms with E-state index in [4.69, 9.17) is 5.14 Å². The van der Waals surface area contributed by atoms with Crippen LogP contribution in [0.25, 0.3) is 17.0 Å². The molecule has 3 N–H and O–H groups in total. The van der Waals surface area contributed by atoms with Crippen LogP contribution in [0, 0.1) is 0 Å². The summed E-state index contributed by atoms with van der Waals surface area (Å²) < 4.78 is 103. The number of sulfonamides is 1.